The Morgan fingerprint density at radius 1 is 1.40 bits per heavy atom. The lowest BCUT2D eigenvalue weighted by Crippen LogP contribution is -1.94. The number of ether oxygens (including phenoxy) is 1. The quantitative estimate of drug-likeness (QED) is 0.589. The summed E-state index contributed by atoms with van der Waals surface area (Å²) in [6, 6.07) is 0. The summed E-state index contributed by atoms with van der Waals surface area (Å²) in [5.74, 6) is 0. The van der Waals surface area contributed by atoms with E-state index in [4.69, 9.17) is 9.53 Å². The molecule has 0 aromatic rings. The lowest BCUT2D eigenvalue weighted by Gasteiger charge is -2.01. The Hall–Kier alpha value is -0.800. The summed E-state index contributed by atoms with van der Waals surface area (Å²) in [7, 11) is 0. The third kappa shape index (κ3) is 7.17. The maximum atomic E-state index is 8.00. The zero-order valence-corrected chi connectivity index (χ0v) is 10.0. The average Bonchev–Trinajstić information content (AvgIpc) is 2.47. The van der Waals surface area contributed by atoms with Gasteiger partial charge in [-0.25, -0.2) is 0 Å². The van der Waals surface area contributed by atoms with E-state index >= 15 is 0 Å². The van der Waals surface area contributed by atoms with Crippen molar-refractivity contribution in [1.29, 1.82) is 0 Å². The van der Waals surface area contributed by atoms with Crippen LogP contribution in [0.2, 0.25) is 0 Å². The number of thiol groups is 1. The van der Waals surface area contributed by atoms with E-state index in [2.05, 4.69) is 30.9 Å². The summed E-state index contributed by atoms with van der Waals surface area (Å²) in [6.07, 6.45) is 10.5. The van der Waals surface area contributed by atoms with E-state index in [1.165, 1.54) is 5.57 Å². The predicted molar refractivity (Wildman–Crippen MR) is 67.1 cm³/mol. The molecular formula is C12H18O2S. The number of carbonyl (C=O) groups is 1. The monoisotopic (exact) mass is 226 g/mol. The molecule has 0 N–H and O–H groups in total. The Labute approximate surface area is 97.1 Å². The second-order valence-electron chi connectivity index (χ2n) is 2.92. The lowest BCUT2D eigenvalue weighted by atomic mass is 10.1. The second-order valence-corrected chi connectivity index (χ2v) is 3.44. The van der Waals surface area contributed by atoms with Gasteiger partial charge in [-0.2, -0.15) is 0 Å². The fourth-order valence-electron chi connectivity index (χ4n) is 1.18. The summed E-state index contributed by atoms with van der Waals surface area (Å²) < 4.78 is 5.29. The minimum atomic E-state index is 0.799. The largest absolute Gasteiger partial charge is 0.381 e. The molecule has 0 aromatic heterocycles. The number of rotatable bonds is 4. The molecule has 0 aromatic carbocycles. The number of carbonyl (C=O) groups excluding carboxylic acids is 1. The van der Waals surface area contributed by atoms with Gasteiger partial charge < -0.3 is 9.53 Å². The molecule has 0 radical (unpaired) electrons. The van der Waals surface area contributed by atoms with Crippen molar-refractivity contribution in [2.24, 2.45) is 0 Å². The standard InChI is InChI=1S/C11H16OS.CH2O/c1-2-12-9-8-10-4-3-5-11(13)7-6-10;1-2/h4-7,13H,2-3,8-9H2,1H3;1H2. The smallest absolute Gasteiger partial charge is 0.106 e. The summed E-state index contributed by atoms with van der Waals surface area (Å²) in [6.45, 7) is 5.63. The van der Waals surface area contributed by atoms with Gasteiger partial charge in [0.15, 0.2) is 0 Å². The average molecular weight is 226 g/mol. The highest BCUT2D eigenvalue weighted by Crippen LogP contribution is 2.15. The normalized spacial score (nSPS) is 14.5. The molecule has 0 unspecified atom stereocenters. The van der Waals surface area contributed by atoms with Crippen LogP contribution >= 0.6 is 12.6 Å². The molecule has 0 atom stereocenters. The van der Waals surface area contributed by atoms with E-state index in [0.717, 1.165) is 31.0 Å². The van der Waals surface area contributed by atoms with Gasteiger partial charge in [-0.15, -0.1) is 12.6 Å². The maximum Gasteiger partial charge on any atom is 0.106 e. The molecular weight excluding hydrogens is 208 g/mol. The Balaban J connectivity index is 0.000000921. The van der Waals surface area contributed by atoms with Crippen LogP contribution in [0.4, 0.5) is 0 Å². The van der Waals surface area contributed by atoms with Crippen LogP contribution in [0, 0.1) is 0 Å². The third-order valence-corrected chi connectivity index (χ3v) is 2.25. The van der Waals surface area contributed by atoms with Gasteiger partial charge >= 0.3 is 0 Å². The molecule has 0 bridgehead atoms. The molecule has 3 heteroatoms. The summed E-state index contributed by atoms with van der Waals surface area (Å²) in [4.78, 5) is 9.04. The highest BCUT2D eigenvalue weighted by Gasteiger charge is 1.96. The first-order chi connectivity index (χ1) is 7.33. The molecule has 0 amide bonds. The Morgan fingerprint density at radius 2 is 2.13 bits per heavy atom. The Kier molecular flexibility index (Phi) is 9.22. The molecule has 2 nitrogen and oxygen atoms in total. The SMILES string of the molecule is C=O.CCOCCC1=CCC=C(S)C=C1. The first kappa shape index (κ1) is 14.2. The second kappa shape index (κ2) is 9.74. The van der Waals surface area contributed by atoms with Gasteiger partial charge in [0.1, 0.15) is 6.79 Å². The van der Waals surface area contributed by atoms with Gasteiger partial charge in [0, 0.05) is 11.5 Å². The molecule has 1 rings (SSSR count). The number of hydrogen-bond acceptors (Lipinski definition) is 3. The van der Waals surface area contributed by atoms with Crippen molar-refractivity contribution in [3.05, 3.63) is 34.8 Å². The van der Waals surface area contributed by atoms with Crippen molar-refractivity contribution in [2.45, 2.75) is 19.8 Å². The molecule has 1 aliphatic carbocycles. The van der Waals surface area contributed by atoms with Crippen LogP contribution in [0.1, 0.15) is 19.8 Å². The molecule has 84 valence electrons. The van der Waals surface area contributed by atoms with Crippen molar-refractivity contribution >= 4 is 19.4 Å². The minimum Gasteiger partial charge on any atom is -0.381 e. The van der Waals surface area contributed by atoms with Crippen molar-refractivity contribution in [2.75, 3.05) is 13.2 Å². The highest BCUT2D eigenvalue weighted by atomic mass is 32.1. The molecule has 0 heterocycles. The highest BCUT2D eigenvalue weighted by molar-refractivity contribution is 7.84. The maximum absolute atomic E-state index is 8.00. The van der Waals surface area contributed by atoms with Crippen LogP contribution in [0.3, 0.4) is 0 Å². The zero-order valence-electron chi connectivity index (χ0n) is 9.11. The van der Waals surface area contributed by atoms with E-state index in [-0.39, 0.29) is 0 Å². The van der Waals surface area contributed by atoms with Gasteiger partial charge in [-0.05, 0) is 31.4 Å². The first-order valence-electron chi connectivity index (χ1n) is 4.95. The summed E-state index contributed by atoms with van der Waals surface area (Å²) in [5.41, 5.74) is 1.34. The van der Waals surface area contributed by atoms with Crippen LogP contribution in [0.5, 0.6) is 0 Å². The molecule has 0 spiro atoms. The van der Waals surface area contributed by atoms with Crippen molar-refractivity contribution in [3.63, 3.8) is 0 Å². The molecule has 1 aliphatic rings. The van der Waals surface area contributed by atoms with Crippen molar-refractivity contribution in [1.82, 2.24) is 0 Å². The van der Waals surface area contributed by atoms with E-state index in [1.54, 1.807) is 0 Å². The fraction of sp³-hybridized carbons (Fsp3) is 0.417. The Bertz CT molecular complexity index is 254. The molecule has 0 saturated heterocycles. The van der Waals surface area contributed by atoms with E-state index < -0.39 is 0 Å². The van der Waals surface area contributed by atoms with Crippen LogP contribution in [-0.4, -0.2) is 20.0 Å². The van der Waals surface area contributed by atoms with Crippen molar-refractivity contribution < 1.29 is 9.53 Å². The van der Waals surface area contributed by atoms with Crippen LogP contribution in [-0.2, 0) is 9.53 Å². The molecule has 0 fully saturated rings. The van der Waals surface area contributed by atoms with Gasteiger partial charge in [0.2, 0.25) is 0 Å². The fourth-order valence-corrected chi connectivity index (χ4v) is 1.36. The van der Waals surface area contributed by atoms with Gasteiger partial charge in [0.05, 0.1) is 6.61 Å². The van der Waals surface area contributed by atoms with Gasteiger partial charge in [-0.3, -0.25) is 0 Å². The summed E-state index contributed by atoms with van der Waals surface area (Å²) >= 11 is 4.29. The molecule has 0 saturated carbocycles. The topological polar surface area (TPSA) is 26.3 Å². The number of hydrogen-bond donors (Lipinski definition) is 1. The van der Waals surface area contributed by atoms with Crippen LogP contribution in [0.25, 0.3) is 0 Å². The molecule has 0 aliphatic heterocycles. The van der Waals surface area contributed by atoms with Crippen LogP contribution < -0.4 is 0 Å². The first-order valence-corrected chi connectivity index (χ1v) is 5.40. The molecule has 15 heavy (non-hydrogen) atoms. The minimum absolute atomic E-state index is 0.799. The Morgan fingerprint density at radius 3 is 2.80 bits per heavy atom. The third-order valence-electron chi connectivity index (χ3n) is 1.91. The van der Waals surface area contributed by atoms with Gasteiger partial charge in [0.25, 0.3) is 0 Å². The lowest BCUT2D eigenvalue weighted by molar-refractivity contribution is -0.0979. The zero-order chi connectivity index (χ0) is 11.5. The van der Waals surface area contributed by atoms with Gasteiger partial charge in [-0.1, -0.05) is 18.2 Å². The predicted octanol–water partition coefficient (Wildman–Crippen LogP) is 2.93. The van der Waals surface area contributed by atoms with Crippen molar-refractivity contribution in [3.8, 4) is 0 Å². The summed E-state index contributed by atoms with van der Waals surface area (Å²) in [5, 5.41) is 0. The van der Waals surface area contributed by atoms with E-state index in [0.29, 0.717) is 0 Å². The number of allylic oxidation sites excluding steroid dienone is 4. The van der Waals surface area contributed by atoms with E-state index in [9.17, 15) is 0 Å². The van der Waals surface area contributed by atoms with E-state index in [1.807, 2.05) is 19.8 Å². The van der Waals surface area contributed by atoms with Crippen LogP contribution in [0.15, 0.2) is 34.8 Å².